The number of H-pyrrole nitrogens is 1. The van der Waals surface area contributed by atoms with Crippen LogP contribution in [0, 0.1) is 4.77 Å². The predicted molar refractivity (Wildman–Crippen MR) is 50.0 cm³/mol. The molecule has 2 aromatic heterocycles. The summed E-state index contributed by atoms with van der Waals surface area (Å²) < 4.78 is 3.06. The van der Waals surface area contributed by atoms with Gasteiger partial charge in [0, 0.05) is 13.1 Å². The minimum Gasteiger partial charge on any atom is -0.383 e. The normalized spacial score (nSPS) is 10.8. The van der Waals surface area contributed by atoms with Crippen molar-refractivity contribution in [2.75, 3.05) is 5.73 Å². The maximum Gasteiger partial charge on any atom is 0.342 e. The maximum absolute atomic E-state index is 11.2. The van der Waals surface area contributed by atoms with Crippen LogP contribution >= 0.6 is 12.2 Å². The van der Waals surface area contributed by atoms with E-state index in [1.54, 1.807) is 13.1 Å². The Kier molecular flexibility index (Phi) is 1.49. The van der Waals surface area contributed by atoms with Gasteiger partial charge in [-0.2, -0.15) is 0 Å². The molecule has 0 radical (unpaired) electrons. The summed E-state index contributed by atoms with van der Waals surface area (Å²) in [6.07, 6.45) is 0. The number of hydrogen-bond donors (Lipinski definition) is 2. The van der Waals surface area contributed by atoms with Gasteiger partial charge in [0.05, 0.1) is 0 Å². The van der Waals surface area contributed by atoms with E-state index >= 15 is 0 Å². The lowest BCUT2D eigenvalue weighted by molar-refractivity contribution is 0.869. The summed E-state index contributed by atoms with van der Waals surface area (Å²) in [6.45, 7) is 0. The molecule has 0 saturated heterocycles. The van der Waals surface area contributed by atoms with Gasteiger partial charge in [-0.05, 0) is 12.2 Å². The Labute approximate surface area is 77.6 Å². The molecule has 2 aromatic rings. The summed E-state index contributed by atoms with van der Waals surface area (Å²) in [4.78, 5) is 15.0. The second-order valence-electron chi connectivity index (χ2n) is 2.63. The van der Waals surface area contributed by atoms with E-state index in [0.29, 0.717) is 11.5 Å². The van der Waals surface area contributed by atoms with Crippen LogP contribution in [0.5, 0.6) is 0 Å². The zero-order valence-corrected chi connectivity index (χ0v) is 7.63. The van der Waals surface area contributed by atoms with Crippen LogP contribution in [0.15, 0.2) is 10.9 Å². The largest absolute Gasteiger partial charge is 0.383 e. The van der Waals surface area contributed by atoms with Crippen LogP contribution in [0.1, 0.15) is 0 Å². The Morgan fingerprint density at radius 1 is 1.69 bits per heavy atom. The SMILES string of the molecule is Cn1c(=O)[nH]n2c(=S)nc(N)cc12. The first kappa shape index (κ1) is 7.99. The molecule has 0 spiro atoms. The molecule has 0 fully saturated rings. The number of anilines is 1. The van der Waals surface area contributed by atoms with Gasteiger partial charge in [0.2, 0.25) is 4.77 Å². The molecule has 0 aliphatic rings. The van der Waals surface area contributed by atoms with Gasteiger partial charge in [-0.25, -0.2) is 19.4 Å². The van der Waals surface area contributed by atoms with E-state index in [4.69, 9.17) is 18.0 Å². The molecule has 0 saturated carbocycles. The van der Waals surface area contributed by atoms with Gasteiger partial charge in [0.15, 0.2) is 0 Å². The fourth-order valence-corrected chi connectivity index (χ4v) is 1.36. The van der Waals surface area contributed by atoms with Crippen molar-refractivity contribution < 1.29 is 0 Å². The van der Waals surface area contributed by atoms with E-state index in [1.165, 1.54) is 9.08 Å². The number of hydrogen-bond acceptors (Lipinski definition) is 4. The first-order chi connectivity index (χ1) is 6.09. The van der Waals surface area contributed by atoms with Crippen molar-refractivity contribution in [3.05, 3.63) is 21.3 Å². The molecular weight excluding hydrogens is 190 g/mol. The Hall–Kier alpha value is -1.63. The number of fused-ring (bicyclic) bond motifs is 1. The molecule has 2 rings (SSSR count). The van der Waals surface area contributed by atoms with Crippen LogP contribution in [0.4, 0.5) is 5.82 Å². The number of nitrogens with zero attached hydrogens (tertiary/aromatic N) is 3. The second kappa shape index (κ2) is 2.43. The molecular formula is C6H7N5OS. The highest BCUT2D eigenvalue weighted by Crippen LogP contribution is 2.02. The Morgan fingerprint density at radius 2 is 2.38 bits per heavy atom. The fourth-order valence-electron chi connectivity index (χ4n) is 1.11. The third-order valence-corrected chi connectivity index (χ3v) is 2.05. The smallest absolute Gasteiger partial charge is 0.342 e. The van der Waals surface area contributed by atoms with Crippen LogP contribution < -0.4 is 11.4 Å². The molecule has 2 heterocycles. The molecule has 0 aliphatic heterocycles. The molecule has 13 heavy (non-hydrogen) atoms. The molecule has 0 bridgehead atoms. The molecule has 0 amide bonds. The minimum atomic E-state index is -0.251. The molecule has 0 atom stereocenters. The summed E-state index contributed by atoms with van der Waals surface area (Å²) in [6, 6.07) is 1.58. The van der Waals surface area contributed by atoms with Gasteiger partial charge >= 0.3 is 5.69 Å². The highest BCUT2D eigenvalue weighted by atomic mass is 32.1. The van der Waals surface area contributed by atoms with Gasteiger partial charge < -0.3 is 5.73 Å². The van der Waals surface area contributed by atoms with Crippen LogP contribution in [0.2, 0.25) is 0 Å². The van der Waals surface area contributed by atoms with Gasteiger partial charge in [0.25, 0.3) is 0 Å². The lowest BCUT2D eigenvalue weighted by atomic mass is 10.5. The topological polar surface area (TPSA) is 81.1 Å². The summed E-state index contributed by atoms with van der Waals surface area (Å²) in [5.41, 5.74) is 5.83. The Morgan fingerprint density at radius 3 is 3.08 bits per heavy atom. The van der Waals surface area contributed by atoms with Gasteiger partial charge in [-0.1, -0.05) is 0 Å². The highest BCUT2D eigenvalue weighted by molar-refractivity contribution is 7.71. The van der Waals surface area contributed by atoms with E-state index < -0.39 is 0 Å². The fraction of sp³-hybridized carbons (Fsp3) is 0.167. The zero-order valence-electron chi connectivity index (χ0n) is 6.81. The van der Waals surface area contributed by atoms with Gasteiger partial charge in [-0.3, -0.25) is 4.57 Å². The average Bonchev–Trinajstić information content (AvgIpc) is 2.32. The zero-order chi connectivity index (χ0) is 9.59. The van der Waals surface area contributed by atoms with Gasteiger partial charge in [-0.15, -0.1) is 0 Å². The molecule has 6 nitrogen and oxygen atoms in total. The predicted octanol–water partition coefficient (Wildman–Crippen LogP) is -0.327. The molecule has 3 N–H and O–H groups in total. The second-order valence-corrected chi connectivity index (χ2v) is 3.00. The number of nitrogens with two attached hydrogens (primary N) is 1. The van der Waals surface area contributed by atoms with Crippen LogP contribution in [0.25, 0.3) is 5.65 Å². The number of aromatic amines is 1. The van der Waals surface area contributed by atoms with Crippen molar-refractivity contribution in [1.29, 1.82) is 0 Å². The number of nitrogens with one attached hydrogen (secondary N) is 1. The van der Waals surface area contributed by atoms with Crippen LogP contribution in [0.3, 0.4) is 0 Å². The van der Waals surface area contributed by atoms with Crippen molar-refractivity contribution in [3.63, 3.8) is 0 Å². The Bertz CT molecular complexity index is 577. The number of nitrogen functional groups attached to an aromatic ring is 1. The van der Waals surface area contributed by atoms with Crippen LogP contribution in [-0.2, 0) is 7.05 Å². The standard InChI is InChI=1S/C6H7N5OS/c1-10-4-2-3(7)8-6(13)11(4)9-5(10)12/h2H,1H3,(H,9,12)(H2,7,8,13). The minimum absolute atomic E-state index is 0.243. The quantitative estimate of drug-likeness (QED) is 0.567. The molecule has 0 aromatic carbocycles. The highest BCUT2D eigenvalue weighted by Gasteiger charge is 2.03. The summed E-state index contributed by atoms with van der Waals surface area (Å²) in [7, 11) is 1.63. The third-order valence-electron chi connectivity index (χ3n) is 1.78. The van der Waals surface area contributed by atoms with Crippen molar-refractivity contribution in [2.24, 2.45) is 7.05 Å². The van der Waals surface area contributed by atoms with E-state index in [9.17, 15) is 4.79 Å². The van der Waals surface area contributed by atoms with E-state index in [-0.39, 0.29) is 10.5 Å². The van der Waals surface area contributed by atoms with E-state index in [2.05, 4.69) is 10.1 Å². The lowest BCUT2D eigenvalue weighted by Gasteiger charge is -1.95. The molecule has 0 unspecified atom stereocenters. The van der Waals surface area contributed by atoms with E-state index in [1.807, 2.05) is 0 Å². The first-order valence-corrected chi connectivity index (χ1v) is 3.94. The Balaban J connectivity index is 3.12. The lowest BCUT2D eigenvalue weighted by Crippen LogP contribution is -2.12. The first-order valence-electron chi connectivity index (χ1n) is 3.54. The van der Waals surface area contributed by atoms with Crippen molar-refractivity contribution in [1.82, 2.24) is 19.2 Å². The number of rotatable bonds is 0. The summed E-state index contributed by atoms with van der Waals surface area (Å²) >= 11 is 4.90. The summed E-state index contributed by atoms with van der Waals surface area (Å²) in [5.74, 6) is 0.305. The van der Waals surface area contributed by atoms with Crippen molar-refractivity contribution in [2.45, 2.75) is 0 Å². The molecule has 7 heteroatoms. The third kappa shape index (κ3) is 1.04. The summed E-state index contributed by atoms with van der Waals surface area (Å²) in [5, 5.41) is 2.52. The monoisotopic (exact) mass is 197 g/mol. The average molecular weight is 197 g/mol. The van der Waals surface area contributed by atoms with Crippen LogP contribution in [-0.4, -0.2) is 19.2 Å². The molecule has 68 valence electrons. The van der Waals surface area contributed by atoms with E-state index in [0.717, 1.165) is 0 Å². The van der Waals surface area contributed by atoms with Gasteiger partial charge in [0.1, 0.15) is 11.5 Å². The number of aryl methyl sites for hydroxylation is 1. The number of aromatic nitrogens is 4. The van der Waals surface area contributed by atoms with Crippen molar-refractivity contribution in [3.8, 4) is 0 Å². The molecule has 0 aliphatic carbocycles. The van der Waals surface area contributed by atoms with Crippen molar-refractivity contribution >= 4 is 23.7 Å². The maximum atomic E-state index is 11.2.